The molecule has 16 heavy (non-hydrogen) atoms. The fraction of sp³-hybridized carbons (Fsp3) is 0.182. The zero-order valence-electron chi connectivity index (χ0n) is 8.46. The lowest BCUT2D eigenvalue weighted by molar-refractivity contribution is 0.0690. The number of carboxylic acid groups (broad SMARTS) is 1. The highest BCUT2D eigenvalue weighted by Gasteiger charge is 2.06. The number of aromatic carboxylic acids is 1. The van der Waals surface area contributed by atoms with E-state index in [9.17, 15) is 4.79 Å². The Morgan fingerprint density at radius 2 is 2.25 bits per heavy atom. The second-order valence-corrected chi connectivity index (χ2v) is 3.28. The summed E-state index contributed by atoms with van der Waals surface area (Å²) < 4.78 is 5.17. The molecule has 0 amide bonds. The Morgan fingerprint density at radius 3 is 2.94 bits per heavy atom. The lowest BCUT2D eigenvalue weighted by Gasteiger charge is -1.99. The Bertz CT molecular complexity index is 480. The molecule has 0 bridgehead atoms. The molecule has 2 rings (SSSR count). The minimum atomic E-state index is -1.04. The third-order valence-corrected chi connectivity index (χ3v) is 2.15. The lowest BCUT2D eigenvalue weighted by Crippen LogP contribution is -2.03. The van der Waals surface area contributed by atoms with E-state index in [2.05, 4.69) is 9.97 Å². The molecule has 0 unspecified atom stereocenters. The Morgan fingerprint density at radius 1 is 1.38 bits per heavy atom. The van der Waals surface area contributed by atoms with Crippen molar-refractivity contribution in [1.29, 1.82) is 0 Å². The van der Waals surface area contributed by atoms with E-state index in [1.165, 1.54) is 12.4 Å². The molecular formula is C11H10N2O3. The number of carboxylic acids is 1. The van der Waals surface area contributed by atoms with Gasteiger partial charge in [-0.05, 0) is 24.6 Å². The van der Waals surface area contributed by atoms with Gasteiger partial charge in [0.05, 0.1) is 6.26 Å². The number of aryl methyl sites for hydroxylation is 2. The van der Waals surface area contributed by atoms with Gasteiger partial charge in [-0.25, -0.2) is 14.8 Å². The average molecular weight is 218 g/mol. The summed E-state index contributed by atoms with van der Waals surface area (Å²) in [5.41, 5.74) is 0.716. The Balaban J connectivity index is 2.04. The summed E-state index contributed by atoms with van der Waals surface area (Å²) in [6, 6.07) is 5.17. The number of nitrogens with zero attached hydrogens (tertiary/aromatic N) is 2. The molecule has 2 heterocycles. The van der Waals surface area contributed by atoms with Crippen LogP contribution in [0.4, 0.5) is 0 Å². The lowest BCUT2D eigenvalue weighted by atomic mass is 10.2. The molecule has 0 aromatic carbocycles. The highest BCUT2D eigenvalue weighted by Crippen LogP contribution is 2.06. The van der Waals surface area contributed by atoms with Gasteiger partial charge in [0.25, 0.3) is 0 Å². The van der Waals surface area contributed by atoms with Crippen molar-refractivity contribution in [1.82, 2.24) is 9.97 Å². The summed E-state index contributed by atoms with van der Waals surface area (Å²) in [6.45, 7) is 0. The fourth-order valence-electron chi connectivity index (χ4n) is 1.36. The first-order valence-electron chi connectivity index (χ1n) is 4.82. The average Bonchev–Trinajstić information content (AvgIpc) is 2.79. The van der Waals surface area contributed by atoms with Crippen molar-refractivity contribution in [2.75, 3.05) is 0 Å². The summed E-state index contributed by atoms with van der Waals surface area (Å²) in [5, 5.41) is 8.75. The van der Waals surface area contributed by atoms with E-state index < -0.39 is 5.97 Å². The second kappa shape index (κ2) is 4.57. The predicted octanol–water partition coefficient (Wildman–Crippen LogP) is 1.55. The van der Waals surface area contributed by atoms with Crippen LogP contribution in [0.1, 0.15) is 21.9 Å². The number of rotatable bonds is 4. The molecule has 0 spiro atoms. The van der Waals surface area contributed by atoms with Crippen molar-refractivity contribution >= 4 is 5.97 Å². The summed E-state index contributed by atoms with van der Waals surface area (Å²) in [7, 11) is 0. The molecular weight excluding hydrogens is 208 g/mol. The molecule has 0 atom stereocenters. The molecule has 2 aromatic rings. The maximum Gasteiger partial charge on any atom is 0.354 e. The van der Waals surface area contributed by atoms with Gasteiger partial charge in [-0.2, -0.15) is 0 Å². The third-order valence-electron chi connectivity index (χ3n) is 2.15. The van der Waals surface area contributed by atoms with Crippen LogP contribution in [0.25, 0.3) is 0 Å². The zero-order chi connectivity index (χ0) is 11.4. The minimum Gasteiger partial charge on any atom is -0.477 e. The fourth-order valence-corrected chi connectivity index (χ4v) is 1.36. The largest absolute Gasteiger partial charge is 0.477 e. The van der Waals surface area contributed by atoms with E-state index >= 15 is 0 Å². The first kappa shape index (κ1) is 10.4. The van der Waals surface area contributed by atoms with Crippen LogP contribution in [-0.4, -0.2) is 21.0 Å². The molecule has 5 heteroatoms. The molecule has 0 aliphatic carbocycles. The van der Waals surface area contributed by atoms with Gasteiger partial charge < -0.3 is 9.52 Å². The highest BCUT2D eigenvalue weighted by atomic mass is 16.4. The van der Waals surface area contributed by atoms with E-state index in [-0.39, 0.29) is 5.69 Å². The van der Waals surface area contributed by atoms with E-state index in [0.29, 0.717) is 18.5 Å². The molecule has 1 N–H and O–H groups in total. The standard InChI is InChI=1S/C11H10N2O3/c14-11(15)10-6-8(12-7-13-10)3-4-9-2-1-5-16-9/h1-2,5-7H,3-4H2,(H,14,15). The van der Waals surface area contributed by atoms with E-state index in [1.807, 2.05) is 12.1 Å². The van der Waals surface area contributed by atoms with Crippen molar-refractivity contribution in [2.45, 2.75) is 12.8 Å². The molecule has 0 saturated heterocycles. The smallest absolute Gasteiger partial charge is 0.354 e. The van der Waals surface area contributed by atoms with Crippen LogP contribution < -0.4 is 0 Å². The van der Waals surface area contributed by atoms with Crippen LogP contribution in [0.3, 0.4) is 0 Å². The summed E-state index contributed by atoms with van der Waals surface area (Å²) in [4.78, 5) is 18.3. The monoisotopic (exact) mass is 218 g/mol. The SMILES string of the molecule is O=C(O)c1cc(CCc2ccco2)ncn1. The Labute approximate surface area is 91.8 Å². The van der Waals surface area contributed by atoms with Crippen LogP contribution >= 0.6 is 0 Å². The van der Waals surface area contributed by atoms with Gasteiger partial charge in [0.1, 0.15) is 12.1 Å². The highest BCUT2D eigenvalue weighted by molar-refractivity contribution is 5.85. The molecule has 0 aliphatic heterocycles. The van der Waals surface area contributed by atoms with Gasteiger partial charge in [0.15, 0.2) is 5.69 Å². The van der Waals surface area contributed by atoms with Gasteiger partial charge in [-0.1, -0.05) is 0 Å². The number of aromatic nitrogens is 2. The topological polar surface area (TPSA) is 76.2 Å². The molecule has 0 aliphatic rings. The van der Waals surface area contributed by atoms with E-state index in [1.54, 1.807) is 6.26 Å². The van der Waals surface area contributed by atoms with Crippen LogP contribution in [0, 0.1) is 0 Å². The first-order valence-corrected chi connectivity index (χ1v) is 4.82. The first-order chi connectivity index (χ1) is 7.75. The molecule has 0 fully saturated rings. The predicted molar refractivity (Wildman–Crippen MR) is 55.1 cm³/mol. The van der Waals surface area contributed by atoms with Crippen LogP contribution in [0.15, 0.2) is 35.2 Å². The van der Waals surface area contributed by atoms with Crippen LogP contribution in [0.2, 0.25) is 0 Å². The van der Waals surface area contributed by atoms with Crippen molar-refractivity contribution in [2.24, 2.45) is 0 Å². The molecule has 2 aromatic heterocycles. The molecule has 82 valence electrons. The quantitative estimate of drug-likeness (QED) is 0.842. The van der Waals surface area contributed by atoms with Gasteiger partial charge in [0, 0.05) is 12.1 Å². The zero-order valence-corrected chi connectivity index (χ0v) is 8.46. The summed E-state index contributed by atoms with van der Waals surface area (Å²) in [5.74, 6) is -0.183. The van der Waals surface area contributed by atoms with Gasteiger partial charge in [-0.15, -0.1) is 0 Å². The molecule has 0 radical (unpaired) electrons. The van der Waals surface area contributed by atoms with Gasteiger partial charge in [-0.3, -0.25) is 0 Å². The number of hydrogen-bond acceptors (Lipinski definition) is 4. The van der Waals surface area contributed by atoms with Gasteiger partial charge >= 0.3 is 5.97 Å². The summed E-state index contributed by atoms with van der Waals surface area (Å²) in [6.07, 6.45) is 4.21. The Hall–Kier alpha value is -2.17. The maximum absolute atomic E-state index is 10.7. The summed E-state index contributed by atoms with van der Waals surface area (Å²) >= 11 is 0. The number of carbonyl (C=O) groups is 1. The van der Waals surface area contributed by atoms with Crippen molar-refractivity contribution in [3.8, 4) is 0 Å². The van der Waals surface area contributed by atoms with Crippen LogP contribution in [-0.2, 0) is 12.8 Å². The minimum absolute atomic E-state index is 0.0180. The van der Waals surface area contributed by atoms with Crippen molar-refractivity contribution in [3.05, 3.63) is 47.9 Å². The second-order valence-electron chi connectivity index (χ2n) is 3.28. The molecule has 0 saturated carbocycles. The normalized spacial score (nSPS) is 10.2. The van der Waals surface area contributed by atoms with Crippen molar-refractivity contribution < 1.29 is 14.3 Å². The van der Waals surface area contributed by atoms with Crippen LogP contribution in [0.5, 0.6) is 0 Å². The number of hydrogen-bond donors (Lipinski definition) is 1. The van der Waals surface area contributed by atoms with E-state index in [4.69, 9.17) is 9.52 Å². The number of furan rings is 1. The Kier molecular flexibility index (Phi) is 2.95. The maximum atomic E-state index is 10.7. The van der Waals surface area contributed by atoms with Gasteiger partial charge in [0.2, 0.25) is 0 Å². The third kappa shape index (κ3) is 2.44. The van der Waals surface area contributed by atoms with E-state index in [0.717, 1.165) is 5.76 Å². The molecule has 5 nitrogen and oxygen atoms in total. The van der Waals surface area contributed by atoms with Crippen molar-refractivity contribution in [3.63, 3.8) is 0 Å².